The van der Waals surface area contributed by atoms with Crippen molar-refractivity contribution < 1.29 is 13.6 Å². The minimum Gasteiger partial charge on any atom is -0.353 e. The second-order valence-corrected chi connectivity index (χ2v) is 8.36. The topological polar surface area (TPSA) is 35.6 Å². The maximum Gasteiger partial charge on any atom is 0.224 e. The van der Waals surface area contributed by atoms with Crippen LogP contribution in [0.25, 0.3) is 0 Å². The summed E-state index contributed by atoms with van der Waals surface area (Å²) in [7, 11) is 0. The average Bonchev–Trinajstić information content (AvgIpc) is 3.49. The third kappa shape index (κ3) is 4.85. The number of nitrogens with zero attached hydrogens (tertiary/aromatic N) is 2. The standard InChI is InChI=1S/C21H29F2N3O/c22-17-4-3-15(20(23)12-17)13-25-10-7-19(8-11-25)26-9-1-2-16(14-26)21(27)24-18-5-6-18/h3-4,12,16,18-19H,1-2,5-11,13-14H2,(H,24,27)/t16-/m0/s1. The van der Waals surface area contributed by atoms with E-state index in [-0.39, 0.29) is 11.8 Å². The highest BCUT2D eigenvalue weighted by atomic mass is 19.1. The van der Waals surface area contributed by atoms with Crippen LogP contribution >= 0.6 is 0 Å². The Kier molecular flexibility index (Phi) is 5.74. The number of amides is 1. The molecule has 6 heteroatoms. The van der Waals surface area contributed by atoms with Crippen LogP contribution in [0.2, 0.25) is 0 Å². The van der Waals surface area contributed by atoms with E-state index in [1.165, 1.54) is 6.07 Å². The third-order valence-corrected chi connectivity index (χ3v) is 6.23. The van der Waals surface area contributed by atoms with Gasteiger partial charge in [-0.2, -0.15) is 0 Å². The lowest BCUT2D eigenvalue weighted by Gasteiger charge is -2.42. The molecule has 148 valence electrons. The molecule has 1 saturated carbocycles. The third-order valence-electron chi connectivity index (χ3n) is 6.23. The van der Waals surface area contributed by atoms with Crippen LogP contribution < -0.4 is 5.32 Å². The summed E-state index contributed by atoms with van der Waals surface area (Å²) in [6.45, 7) is 4.30. The van der Waals surface area contributed by atoms with Gasteiger partial charge in [0.05, 0.1) is 5.92 Å². The second-order valence-electron chi connectivity index (χ2n) is 8.36. The van der Waals surface area contributed by atoms with E-state index in [2.05, 4.69) is 15.1 Å². The molecule has 1 aromatic rings. The maximum absolute atomic E-state index is 13.9. The lowest BCUT2D eigenvalue weighted by molar-refractivity contribution is -0.127. The van der Waals surface area contributed by atoms with Gasteiger partial charge in [-0.3, -0.25) is 14.6 Å². The number of piperidine rings is 2. The number of benzene rings is 1. The van der Waals surface area contributed by atoms with Crippen molar-refractivity contribution in [3.8, 4) is 0 Å². The summed E-state index contributed by atoms with van der Waals surface area (Å²) in [5, 5.41) is 3.15. The summed E-state index contributed by atoms with van der Waals surface area (Å²) in [5.74, 6) is -0.616. The Morgan fingerprint density at radius 2 is 1.85 bits per heavy atom. The highest BCUT2D eigenvalue weighted by molar-refractivity contribution is 5.79. The summed E-state index contributed by atoms with van der Waals surface area (Å²) in [4.78, 5) is 17.1. The Bertz CT molecular complexity index is 671. The monoisotopic (exact) mass is 377 g/mol. The Morgan fingerprint density at radius 3 is 2.56 bits per heavy atom. The van der Waals surface area contributed by atoms with Crippen LogP contribution in [0.15, 0.2) is 18.2 Å². The molecule has 1 amide bonds. The maximum atomic E-state index is 13.9. The van der Waals surface area contributed by atoms with Gasteiger partial charge in [0.1, 0.15) is 11.6 Å². The van der Waals surface area contributed by atoms with Gasteiger partial charge in [0.15, 0.2) is 0 Å². The molecule has 1 N–H and O–H groups in total. The van der Waals surface area contributed by atoms with Crippen molar-refractivity contribution >= 4 is 5.91 Å². The molecule has 0 radical (unpaired) electrons. The number of hydrogen-bond acceptors (Lipinski definition) is 3. The number of rotatable bonds is 5. The summed E-state index contributed by atoms with van der Waals surface area (Å²) < 4.78 is 26.9. The molecule has 2 aliphatic heterocycles. The van der Waals surface area contributed by atoms with Crippen molar-refractivity contribution in [3.05, 3.63) is 35.4 Å². The largest absolute Gasteiger partial charge is 0.353 e. The zero-order chi connectivity index (χ0) is 18.8. The van der Waals surface area contributed by atoms with Crippen LogP contribution in [-0.4, -0.2) is 54.0 Å². The van der Waals surface area contributed by atoms with Crippen molar-refractivity contribution in [2.45, 2.75) is 57.2 Å². The van der Waals surface area contributed by atoms with Crippen molar-refractivity contribution in [2.75, 3.05) is 26.2 Å². The molecule has 1 atom stereocenters. The number of carbonyl (C=O) groups is 1. The number of likely N-dealkylation sites (tertiary alicyclic amines) is 2. The minimum atomic E-state index is -0.527. The number of halogens is 2. The van der Waals surface area contributed by atoms with Crippen LogP contribution in [0.3, 0.4) is 0 Å². The predicted octanol–water partition coefficient (Wildman–Crippen LogP) is 2.92. The smallest absolute Gasteiger partial charge is 0.224 e. The Balaban J connectivity index is 1.26. The highest BCUT2D eigenvalue weighted by Crippen LogP contribution is 2.26. The molecule has 0 aromatic heterocycles. The van der Waals surface area contributed by atoms with Gasteiger partial charge in [-0.15, -0.1) is 0 Å². The van der Waals surface area contributed by atoms with Crippen molar-refractivity contribution in [1.29, 1.82) is 0 Å². The molecule has 2 saturated heterocycles. The molecule has 0 unspecified atom stereocenters. The van der Waals surface area contributed by atoms with E-state index in [1.54, 1.807) is 6.07 Å². The van der Waals surface area contributed by atoms with Crippen LogP contribution in [0.1, 0.15) is 44.1 Å². The first kappa shape index (κ1) is 18.8. The SMILES string of the molecule is O=C(NC1CC1)[C@H]1CCCN(C2CCN(Cc3ccc(F)cc3F)CC2)C1. The quantitative estimate of drug-likeness (QED) is 0.857. The molecule has 0 spiro atoms. The van der Waals surface area contributed by atoms with E-state index in [0.717, 1.165) is 70.8 Å². The van der Waals surface area contributed by atoms with E-state index < -0.39 is 11.6 Å². The fourth-order valence-corrected chi connectivity index (χ4v) is 4.43. The first-order chi connectivity index (χ1) is 13.1. The number of hydrogen-bond donors (Lipinski definition) is 1. The molecule has 3 aliphatic rings. The van der Waals surface area contributed by atoms with E-state index >= 15 is 0 Å². The Hall–Kier alpha value is -1.53. The summed E-state index contributed by atoms with van der Waals surface area (Å²) in [6.07, 6.45) is 6.44. The lowest BCUT2D eigenvalue weighted by Crippen LogP contribution is -2.50. The van der Waals surface area contributed by atoms with Gasteiger partial charge in [0.25, 0.3) is 0 Å². The lowest BCUT2D eigenvalue weighted by atomic mass is 9.93. The normalized spacial score (nSPS) is 25.5. The summed E-state index contributed by atoms with van der Waals surface area (Å²) >= 11 is 0. The fourth-order valence-electron chi connectivity index (χ4n) is 4.43. The zero-order valence-corrected chi connectivity index (χ0v) is 15.8. The molecule has 0 bridgehead atoms. The summed E-state index contributed by atoms with van der Waals surface area (Å²) in [6, 6.07) is 4.78. The number of nitrogens with one attached hydrogen (secondary N) is 1. The molecular weight excluding hydrogens is 348 g/mol. The first-order valence-corrected chi connectivity index (χ1v) is 10.3. The number of carbonyl (C=O) groups excluding carboxylic acids is 1. The Morgan fingerprint density at radius 1 is 1.07 bits per heavy atom. The van der Waals surface area contributed by atoms with Gasteiger partial charge >= 0.3 is 0 Å². The Labute approximate surface area is 159 Å². The molecule has 1 aromatic carbocycles. The van der Waals surface area contributed by atoms with Gasteiger partial charge in [-0.05, 0) is 64.2 Å². The molecule has 4 rings (SSSR count). The van der Waals surface area contributed by atoms with E-state index in [0.29, 0.717) is 24.2 Å². The zero-order valence-electron chi connectivity index (χ0n) is 15.8. The van der Waals surface area contributed by atoms with Crippen molar-refractivity contribution in [2.24, 2.45) is 5.92 Å². The van der Waals surface area contributed by atoms with Crippen molar-refractivity contribution in [1.82, 2.24) is 15.1 Å². The van der Waals surface area contributed by atoms with E-state index in [1.807, 2.05) is 0 Å². The molecule has 1 aliphatic carbocycles. The molecule has 3 fully saturated rings. The minimum absolute atomic E-state index is 0.130. The van der Waals surface area contributed by atoms with Gasteiger partial charge in [0, 0.05) is 36.8 Å². The van der Waals surface area contributed by atoms with Gasteiger partial charge in [0.2, 0.25) is 5.91 Å². The van der Waals surface area contributed by atoms with Gasteiger partial charge in [-0.1, -0.05) is 6.07 Å². The molecule has 4 nitrogen and oxygen atoms in total. The van der Waals surface area contributed by atoms with Gasteiger partial charge in [-0.25, -0.2) is 8.78 Å². The highest BCUT2D eigenvalue weighted by Gasteiger charge is 2.33. The fraction of sp³-hybridized carbons (Fsp3) is 0.667. The van der Waals surface area contributed by atoms with Crippen LogP contribution in [0.5, 0.6) is 0 Å². The first-order valence-electron chi connectivity index (χ1n) is 10.3. The molecule has 2 heterocycles. The average molecular weight is 377 g/mol. The summed E-state index contributed by atoms with van der Waals surface area (Å²) in [5.41, 5.74) is 0.560. The van der Waals surface area contributed by atoms with E-state index in [4.69, 9.17) is 0 Å². The molecular formula is C21H29F2N3O. The van der Waals surface area contributed by atoms with Crippen molar-refractivity contribution in [3.63, 3.8) is 0 Å². The van der Waals surface area contributed by atoms with Crippen LogP contribution in [0.4, 0.5) is 8.78 Å². The van der Waals surface area contributed by atoms with Crippen LogP contribution in [0, 0.1) is 17.6 Å². The van der Waals surface area contributed by atoms with Gasteiger partial charge < -0.3 is 5.32 Å². The van der Waals surface area contributed by atoms with E-state index in [9.17, 15) is 13.6 Å². The second kappa shape index (κ2) is 8.23. The van der Waals surface area contributed by atoms with Crippen LogP contribution in [-0.2, 0) is 11.3 Å². The predicted molar refractivity (Wildman–Crippen MR) is 100 cm³/mol. The molecule has 27 heavy (non-hydrogen) atoms.